The van der Waals surface area contributed by atoms with E-state index in [1.54, 1.807) is 14.0 Å². The first-order valence-corrected chi connectivity index (χ1v) is 11.0. The molecule has 0 aliphatic carbocycles. The molecule has 176 valence electrons. The Morgan fingerprint density at radius 1 is 0.875 bits per heavy atom. The lowest BCUT2D eigenvalue weighted by Gasteiger charge is -2.10. The molecule has 3 aromatic carbocycles. The highest BCUT2D eigenvalue weighted by Crippen LogP contribution is 2.29. The van der Waals surface area contributed by atoms with Gasteiger partial charge in [0.25, 0.3) is 0 Å². The number of nitrogens with two attached hydrogens (primary N) is 1. The van der Waals surface area contributed by atoms with Gasteiger partial charge in [0.15, 0.2) is 5.78 Å². The van der Waals surface area contributed by atoms with Gasteiger partial charge in [-0.25, -0.2) is 0 Å². The lowest BCUT2D eigenvalue weighted by Crippen LogP contribution is -1.90. The van der Waals surface area contributed by atoms with Crippen LogP contribution in [-0.2, 0) is 4.79 Å². The lowest BCUT2D eigenvalue weighted by molar-refractivity contribution is -0.113. The molecule has 0 radical (unpaired) electrons. The van der Waals surface area contributed by atoms with Gasteiger partial charge in [-0.1, -0.05) is 70.2 Å². The number of aliphatic hydroxyl groups is 1. The van der Waals surface area contributed by atoms with E-state index in [1.807, 2.05) is 58.0 Å². The SMILES string of the molecule is CC.CC.CC(=O)C(C)=CO.COc1cc(C)c2ccccc2c1C.Nc1ccccc1. The average molecular weight is 440 g/mol. The molecule has 0 saturated carbocycles. The molecule has 0 fully saturated rings. The Kier molecular flexibility index (Phi) is 17.9. The number of fused-ring (bicyclic) bond motifs is 1. The molecule has 4 heteroatoms. The van der Waals surface area contributed by atoms with Crippen molar-refractivity contribution in [3.63, 3.8) is 0 Å². The summed E-state index contributed by atoms with van der Waals surface area (Å²) in [7, 11) is 1.72. The maximum atomic E-state index is 10.1. The summed E-state index contributed by atoms with van der Waals surface area (Å²) in [5, 5.41) is 10.7. The van der Waals surface area contributed by atoms with Crippen LogP contribution in [0.15, 0.2) is 72.5 Å². The molecule has 0 aliphatic rings. The fraction of sp³-hybridized carbons (Fsp3) is 0.321. The lowest BCUT2D eigenvalue weighted by atomic mass is 10.0. The minimum atomic E-state index is -0.0949. The Balaban J connectivity index is 0. The predicted molar refractivity (Wildman–Crippen MR) is 141 cm³/mol. The molecule has 0 bridgehead atoms. The molecule has 0 atom stereocenters. The molecule has 4 nitrogen and oxygen atoms in total. The third-order valence-electron chi connectivity index (χ3n) is 4.24. The quantitative estimate of drug-likeness (QED) is 0.242. The number of anilines is 1. The maximum absolute atomic E-state index is 10.1. The summed E-state index contributed by atoms with van der Waals surface area (Å²) in [5.41, 5.74) is 9.05. The summed E-state index contributed by atoms with van der Waals surface area (Å²) in [4.78, 5) is 10.1. The molecule has 0 aliphatic heterocycles. The van der Waals surface area contributed by atoms with Gasteiger partial charge in [-0.05, 0) is 67.8 Å². The van der Waals surface area contributed by atoms with E-state index in [0.717, 1.165) is 17.7 Å². The molecule has 0 saturated heterocycles. The zero-order chi connectivity index (χ0) is 25.1. The number of allylic oxidation sites excluding steroid dienone is 1. The number of carbonyl (C=O) groups is 1. The number of hydrogen-bond donors (Lipinski definition) is 2. The van der Waals surface area contributed by atoms with Gasteiger partial charge in [-0.15, -0.1) is 0 Å². The number of ketones is 1. The van der Waals surface area contributed by atoms with Crippen LogP contribution in [0.3, 0.4) is 0 Å². The Morgan fingerprint density at radius 2 is 1.34 bits per heavy atom. The fourth-order valence-corrected chi connectivity index (χ4v) is 2.43. The zero-order valence-corrected chi connectivity index (χ0v) is 21.2. The van der Waals surface area contributed by atoms with Crippen LogP contribution >= 0.6 is 0 Å². The van der Waals surface area contributed by atoms with Crippen molar-refractivity contribution in [2.75, 3.05) is 12.8 Å². The van der Waals surface area contributed by atoms with E-state index < -0.39 is 0 Å². The maximum Gasteiger partial charge on any atom is 0.158 e. The highest BCUT2D eigenvalue weighted by Gasteiger charge is 2.05. The number of Topliss-reactive ketones (excluding diaryl/α,β-unsaturated/α-hetero) is 1. The Morgan fingerprint density at radius 3 is 1.69 bits per heavy atom. The van der Waals surface area contributed by atoms with Crippen LogP contribution in [0.4, 0.5) is 5.69 Å². The number of para-hydroxylation sites is 1. The minimum absolute atomic E-state index is 0.0949. The second-order valence-corrected chi connectivity index (χ2v) is 6.35. The van der Waals surface area contributed by atoms with Crippen molar-refractivity contribution in [1.82, 2.24) is 0 Å². The van der Waals surface area contributed by atoms with Gasteiger partial charge < -0.3 is 15.6 Å². The molecule has 32 heavy (non-hydrogen) atoms. The molecule has 0 amide bonds. The molecule has 0 aromatic heterocycles. The van der Waals surface area contributed by atoms with Crippen molar-refractivity contribution < 1.29 is 14.6 Å². The van der Waals surface area contributed by atoms with Gasteiger partial charge >= 0.3 is 0 Å². The minimum Gasteiger partial charge on any atom is -0.515 e. The number of ether oxygens (including phenoxy) is 1. The number of aryl methyl sites for hydroxylation is 2. The van der Waals surface area contributed by atoms with Crippen LogP contribution in [0.2, 0.25) is 0 Å². The van der Waals surface area contributed by atoms with E-state index in [1.165, 1.54) is 28.8 Å². The van der Waals surface area contributed by atoms with Gasteiger partial charge in [-0.2, -0.15) is 0 Å². The van der Waals surface area contributed by atoms with Gasteiger partial charge in [0, 0.05) is 11.3 Å². The zero-order valence-electron chi connectivity index (χ0n) is 21.2. The van der Waals surface area contributed by atoms with Crippen LogP contribution in [0, 0.1) is 13.8 Å². The summed E-state index contributed by atoms with van der Waals surface area (Å²) >= 11 is 0. The monoisotopic (exact) mass is 439 g/mol. The number of aliphatic hydroxyl groups excluding tert-OH is 1. The first kappa shape index (κ1) is 30.9. The molecular weight excluding hydrogens is 398 g/mol. The van der Waals surface area contributed by atoms with E-state index >= 15 is 0 Å². The second-order valence-electron chi connectivity index (χ2n) is 6.35. The molecule has 3 aromatic rings. The van der Waals surface area contributed by atoms with Crippen molar-refractivity contribution in [2.45, 2.75) is 55.4 Å². The Labute approximate surface area is 194 Å². The van der Waals surface area contributed by atoms with Gasteiger partial charge in [-0.3, -0.25) is 4.79 Å². The van der Waals surface area contributed by atoms with Crippen molar-refractivity contribution in [1.29, 1.82) is 0 Å². The van der Waals surface area contributed by atoms with Crippen LogP contribution < -0.4 is 10.5 Å². The Hall–Kier alpha value is -3.27. The number of rotatable bonds is 2. The predicted octanol–water partition coefficient (Wildman–Crippen LogP) is 7.82. The first-order valence-electron chi connectivity index (χ1n) is 11.0. The van der Waals surface area contributed by atoms with Crippen LogP contribution in [0.5, 0.6) is 5.75 Å². The van der Waals surface area contributed by atoms with Crippen molar-refractivity contribution in [3.05, 3.63) is 83.6 Å². The molecule has 0 unspecified atom stereocenters. The number of hydrogen-bond acceptors (Lipinski definition) is 4. The third-order valence-corrected chi connectivity index (χ3v) is 4.24. The van der Waals surface area contributed by atoms with Crippen LogP contribution in [0.25, 0.3) is 10.8 Å². The van der Waals surface area contributed by atoms with Crippen molar-refractivity contribution >= 4 is 22.2 Å². The number of carbonyl (C=O) groups excluding carboxylic acids is 1. The number of methoxy groups -OCH3 is 1. The summed E-state index contributed by atoms with van der Waals surface area (Å²) in [6, 6.07) is 20.0. The third kappa shape index (κ3) is 11.2. The van der Waals surface area contributed by atoms with Gasteiger partial charge in [0.1, 0.15) is 5.75 Å². The smallest absolute Gasteiger partial charge is 0.158 e. The topological polar surface area (TPSA) is 72.5 Å². The highest BCUT2D eigenvalue weighted by atomic mass is 16.5. The average Bonchev–Trinajstić information content (AvgIpc) is 2.84. The van der Waals surface area contributed by atoms with Crippen LogP contribution in [-0.4, -0.2) is 18.0 Å². The van der Waals surface area contributed by atoms with Crippen molar-refractivity contribution in [3.8, 4) is 5.75 Å². The van der Waals surface area contributed by atoms with Crippen LogP contribution in [0.1, 0.15) is 52.7 Å². The van der Waals surface area contributed by atoms with Crippen molar-refractivity contribution in [2.24, 2.45) is 0 Å². The van der Waals surface area contributed by atoms with E-state index in [-0.39, 0.29) is 5.78 Å². The van der Waals surface area contributed by atoms with E-state index in [4.69, 9.17) is 15.6 Å². The summed E-state index contributed by atoms with van der Waals surface area (Å²) in [5.74, 6) is 0.878. The standard InChI is InChI=1S/C13H14O.C6H7N.C5H8O2.2C2H6/c1-9-8-13(14-3)10(2)12-7-5-4-6-11(9)12;7-6-4-2-1-3-5-6;1-4(3-6)5(2)7;2*1-2/h4-8H,1-3H3;1-5H,7H2;3,6H,1-2H3;2*1-2H3. The first-order chi connectivity index (χ1) is 15.3. The molecule has 3 rings (SSSR count). The van der Waals surface area contributed by atoms with Gasteiger partial charge in [0.2, 0.25) is 0 Å². The summed E-state index contributed by atoms with van der Waals surface area (Å²) in [6.45, 7) is 15.2. The summed E-state index contributed by atoms with van der Waals surface area (Å²) < 4.78 is 5.33. The normalized spacial score (nSPS) is 9.34. The van der Waals surface area contributed by atoms with E-state index in [9.17, 15) is 4.79 Å². The fourth-order valence-electron chi connectivity index (χ4n) is 2.43. The molecule has 3 N–H and O–H groups in total. The number of benzene rings is 3. The largest absolute Gasteiger partial charge is 0.515 e. The van der Waals surface area contributed by atoms with Gasteiger partial charge in [0.05, 0.1) is 13.4 Å². The molecular formula is C28H41NO3. The Bertz CT molecular complexity index is 932. The highest BCUT2D eigenvalue weighted by molar-refractivity contribution is 5.92. The summed E-state index contributed by atoms with van der Waals surface area (Å²) in [6.07, 6.45) is 0.808. The van der Waals surface area contributed by atoms with E-state index in [2.05, 4.69) is 44.2 Å². The molecule has 0 heterocycles. The second kappa shape index (κ2) is 18.5. The van der Waals surface area contributed by atoms with E-state index in [0.29, 0.717) is 5.57 Å². The molecule has 0 spiro atoms. The number of nitrogen functional groups attached to an aromatic ring is 1.